The topological polar surface area (TPSA) is 64.3 Å². The first-order valence-electron chi connectivity index (χ1n) is 4.78. The second-order valence-corrected chi connectivity index (χ2v) is 3.38. The normalized spacial score (nSPS) is 10.0. The van der Waals surface area contributed by atoms with Gasteiger partial charge >= 0.3 is 0 Å². The van der Waals surface area contributed by atoms with Crippen molar-refractivity contribution in [2.24, 2.45) is 0 Å². The molecule has 0 fully saturated rings. The Balaban J connectivity index is 2.63. The Morgan fingerprint density at radius 3 is 2.93 bits per heavy atom. The number of nitrogen functional groups attached to an aromatic ring is 1. The molecule has 0 aliphatic rings. The van der Waals surface area contributed by atoms with Crippen LogP contribution in [0, 0.1) is 6.92 Å². The quantitative estimate of drug-likeness (QED) is 0.738. The molecule has 4 nitrogen and oxygen atoms in total. The van der Waals surface area contributed by atoms with Crippen molar-refractivity contribution in [2.45, 2.75) is 13.3 Å². The molecule has 0 saturated heterocycles. The smallest absolute Gasteiger partial charge is 0.226 e. The zero-order chi connectivity index (χ0) is 11.3. The molecule has 0 unspecified atom stereocenters. The molecular formula is C11H16N2O2. The predicted molar refractivity (Wildman–Crippen MR) is 60.7 cm³/mol. The Kier molecular flexibility index (Phi) is 4.12. The number of anilines is 2. The number of carbonyl (C=O) groups is 1. The van der Waals surface area contributed by atoms with Crippen LogP contribution in [0.25, 0.3) is 0 Å². The van der Waals surface area contributed by atoms with Gasteiger partial charge in [0.1, 0.15) is 0 Å². The monoisotopic (exact) mass is 208 g/mol. The third-order valence-corrected chi connectivity index (χ3v) is 2.02. The molecule has 0 aliphatic heterocycles. The largest absolute Gasteiger partial charge is 0.397 e. The highest BCUT2D eigenvalue weighted by Gasteiger charge is 2.04. The maximum Gasteiger partial charge on any atom is 0.226 e. The van der Waals surface area contributed by atoms with E-state index < -0.39 is 0 Å². The summed E-state index contributed by atoms with van der Waals surface area (Å²) in [4.78, 5) is 11.4. The van der Waals surface area contributed by atoms with Gasteiger partial charge in [-0.1, -0.05) is 6.07 Å². The van der Waals surface area contributed by atoms with Gasteiger partial charge in [0.15, 0.2) is 0 Å². The zero-order valence-corrected chi connectivity index (χ0v) is 9.04. The van der Waals surface area contributed by atoms with Crippen molar-refractivity contribution in [1.82, 2.24) is 0 Å². The molecular weight excluding hydrogens is 192 g/mol. The Labute approximate surface area is 89.4 Å². The summed E-state index contributed by atoms with van der Waals surface area (Å²) in [6, 6.07) is 5.53. The number of nitrogens with two attached hydrogens (primary N) is 1. The lowest BCUT2D eigenvalue weighted by atomic mass is 10.2. The van der Waals surface area contributed by atoms with Crippen molar-refractivity contribution in [1.29, 1.82) is 0 Å². The maximum absolute atomic E-state index is 11.4. The van der Waals surface area contributed by atoms with Gasteiger partial charge in [0.25, 0.3) is 0 Å². The van der Waals surface area contributed by atoms with Gasteiger partial charge in [-0.3, -0.25) is 4.79 Å². The summed E-state index contributed by atoms with van der Waals surface area (Å²) in [6.07, 6.45) is 0.337. The fourth-order valence-electron chi connectivity index (χ4n) is 1.19. The number of carbonyl (C=O) groups excluding carboxylic acids is 1. The lowest BCUT2D eigenvalue weighted by Gasteiger charge is -2.08. The summed E-state index contributed by atoms with van der Waals surface area (Å²) < 4.78 is 4.81. The minimum absolute atomic E-state index is 0.0887. The third kappa shape index (κ3) is 3.59. The molecule has 0 radical (unpaired) electrons. The number of aryl methyl sites for hydroxylation is 1. The molecule has 0 aromatic heterocycles. The van der Waals surface area contributed by atoms with E-state index in [1.807, 2.05) is 19.1 Å². The van der Waals surface area contributed by atoms with E-state index in [-0.39, 0.29) is 5.91 Å². The van der Waals surface area contributed by atoms with Crippen molar-refractivity contribution in [3.05, 3.63) is 23.8 Å². The summed E-state index contributed by atoms with van der Waals surface area (Å²) in [6.45, 7) is 2.36. The number of amides is 1. The molecule has 0 aliphatic carbocycles. The number of hydrogen-bond acceptors (Lipinski definition) is 3. The van der Waals surface area contributed by atoms with Crippen molar-refractivity contribution in [3.8, 4) is 0 Å². The van der Waals surface area contributed by atoms with Gasteiger partial charge in [-0.25, -0.2) is 0 Å². The number of benzene rings is 1. The Morgan fingerprint density at radius 2 is 2.27 bits per heavy atom. The van der Waals surface area contributed by atoms with Gasteiger partial charge in [-0.2, -0.15) is 0 Å². The standard InChI is InChI=1S/C11H16N2O2/c1-8-3-4-9(12)10(7-8)13-11(14)5-6-15-2/h3-4,7H,5-6,12H2,1-2H3,(H,13,14). The van der Waals surface area contributed by atoms with Gasteiger partial charge < -0.3 is 15.8 Å². The molecule has 1 aromatic rings. The van der Waals surface area contributed by atoms with Gasteiger partial charge in [0.2, 0.25) is 5.91 Å². The molecule has 3 N–H and O–H groups in total. The first-order chi connectivity index (χ1) is 7.13. The highest BCUT2D eigenvalue weighted by atomic mass is 16.5. The fourth-order valence-corrected chi connectivity index (χ4v) is 1.19. The highest BCUT2D eigenvalue weighted by Crippen LogP contribution is 2.19. The number of hydrogen-bond donors (Lipinski definition) is 2. The lowest BCUT2D eigenvalue weighted by molar-refractivity contribution is -0.117. The van der Waals surface area contributed by atoms with Gasteiger partial charge in [-0.15, -0.1) is 0 Å². The molecule has 1 aromatic carbocycles. The molecule has 0 bridgehead atoms. The Bertz CT molecular complexity index is 350. The van der Waals surface area contributed by atoms with Crippen molar-refractivity contribution in [2.75, 3.05) is 24.8 Å². The van der Waals surface area contributed by atoms with Crippen LogP contribution in [-0.2, 0) is 9.53 Å². The van der Waals surface area contributed by atoms with Crippen LogP contribution in [-0.4, -0.2) is 19.6 Å². The van der Waals surface area contributed by atoms with Crippen molar-refractivity contribution in [3.63, 3.8) is 0 Å². The van der Waals surface area contributed by atoms with E-state index in [0.29, 0.717) is 24.4 Å². The summed E-state index contributed by atoms with van der Waals surface area (Å²) in [5.74, 6) is -0.0887. The predicted octanol–water partition coefficient (Wildman–Crippen LogP) is 1.55. The molecule has 0 saturated carbocycles. The Morgan fingerprint density at radius 1 is 1.53 bits per heavy atom. The molecule has 82 valence electrons. The number of methoxy groups -OCH3 is 1. The summed E-state index contributed by atoms with van der Waals surface area (Å²) in [5.41, 5.74) is 8.02. The van der Waals surface area contributed by atoms with E-state index >= 15 is 0 Å². The lowest BCUT2D eigenvalue weighted by Crippen LogP contribution is -2.14. The number of ether oxygens (including phenoxy) is 1. The SMILES string of the molecule is COCCC(=O)Nc1cc(C)ccc1N. The summed E-state index contributed by atoms with van der Waals surface area (Å²) in [5, 5.41) is 2.74. The second kappa shape index (κ2) is 5.36. The molecule has 1 rings (SSSR count). The van der Waals surface area contributed by atoms with Gasteiger partial charge in [0, 0.05) is 7.11 Å². The maximum atomic E-state index is 11.4. The average Bonchev–Trinajstić information content (AvgIpc) is 2.20. The van der Waals surface area contributed by atoms with Crippen LogP contribution >= 0.6 is 0 Å². The molecule has 0 spiro atoms. The summed E-state index contributed by atoms with van der Waals surface area (Å²) in [7, 11) is 1.56. The molecule has 15 heavy (non-hydrogen) atoms. The first kappa shape index (κ1) is 11.5. The van der Waals surface area contributed by atoms with Crippen LogP contribution < -0.4 is 11.1 Å². The fraction of sp³-hybridized carbons (Fsp3) is 0.364. The minimum Gasteiger partial charge on any atom is -0.397 e. The first-order valence-corrected chi connectivity index (χ1v) is 4.78. The van der Waals surface area contributed by atoms with Crippen LogP contribution in [0.2, 0.25) is 0 Å². The van der Waals surface area contributed by atoms with Crippen molar-refractivity contribution < 1.29 is 9.53 Å². The average molecular weight is 208 g/mol. The van der Waals surface area contributed by atoms with Crippen LogP contribution in [0.15, 0.2) is 18.2 Å². The summed E-state index contributed by atoms with van der Waals surface area (Å²) >= 11 is 0. The van der Waals surface area contributed by atoms with E-state index in [0.717, 1.165) is 5.56 Å². The van der Waals surface area contributed by atoms with Crippen LogP contribution in [0.3, 0.4) is 0 Å². The molecule has 1 amide bonds. The third-order valence-electron chi connectivity index (χ3n) is 2.02. The molecule has 0 heterocycles. The Hall–Kier alpha value is -1.55. The van der Waals surface area contributed by atoms with E-state index in [1.54, 1.807) is 13.2 Å². The van der Waals surface area contributed by atoms with E-state index in [1.165, 1.54) is 0 Å². The van der Waals surface area contributed by atoms with E-state index in [2.05, 4.69) is 5.32 Å². The molecule has 4 heteroatoms. The van der Waals surface area contributed by atoms with Gasteiger partial charge in [0.05, 0.1) is 24.4 Å². The van der Waals surface area contributed by atoms with Crippen LogP contribution in [0.4, 0.5) is 11.4 Å². The van der Waals surface area contributed by atoms with Crippen molar-refractivity contribution >= 4 is 17.3 Å². The number of nitrogens with one attached hydrogen (secondary N) is 1. The van der Waals surface area contributed by atoms with E-state index in [9.17, 15) is 4.79 Å². The van der Waals surface area contributed by atoms with Crippen LogP contribution in [0.5, 0.6) is 0 Å². The van der Waals surface area contributed by atoms with Crippen LogP contribution in [0.1, 0.15) is 12.0 Å². The second-order valence-electron chi connectivity index (χ2n) is 3.38. The minimum atomic E-state index is -0.0887. The molecule has 0 atom stereocenters. The highest BCUT2D eigenvalue weighted by molar-refractivity contribution is 5.93. The zero-order valence-electron chi connectivity index (χ0n) is 9.04. The van der Waals surface area contributed by atoms with E-state index in [4.69, 9.17) is 10.5 Å². The van der Waals surface area contributed by atoms with Gasteiger partial charge in [-0.05, 0) is 24.6 Å². The number of rotatable bonds is 4.